The van der Waals surface area contributed by atoms with Gasteiger partial charge in [-0.25, -0.2) is 0 Å². The van der Waals surface area contributed by atoms with Crippen LogP contribution in [0.5, 0.6) is 5.75 Å². The average Bonchev–Trinajstić information content (AvgIpc) is 3.10. The zero-order valence-electron chi connectivity index (χ0n) is 14.1. The van der Waals surface area contributed by atoms with Crippen molar-refractivity contribution in [3.8, 4) is 5.75 Å². The molecule has 0 spiro atoms. The minimum Gasteiger partial charge on any atom is -0.489 e. The Morgan fingerprint density at radius 1 is 1.00 bits per heavy atom. The Morgan fingerprint density at radius 2 is 1.80 bits per heavy atom. The molecule has 1 unspecified atom stereocenters. The van der Waals surface area contributed by atoms with Crippen LogP contribution in [0, 0.1) is 0 Å². The summed E-state index contributed by atoms with van der Waals surface area (Å²) in [5.41, 5.74) is 4.82. The molecule has 1 N–H and O–H groups in total. The Kier molecular flexibility index (Phi) is 4.21. The van der Waals surface area contributed by atoms with Crippen molar-refractivity contribution >= 4 is 10.9 Å². The minimum atomic E-state index is 0.293. The number of nitrogens with zero attached hydrogens (tertiary/aromatic N) is 1. The van der Waals surface area contributed by atoms with Crippen molar-refractivity contribution in [1.29, 1.82) is 0 Å². The van der Waals surface area contributed by atoms with E-state index in [2.05, 4.69) is 59.5 Å². The third kappa shape index (κ3) is 3.26. The summed E-state index contributed by atoms with van der Waals surface area (Å²) in [6.45, 7) is 2.79. The smallest absolute Gasteiger partial charge is 0.120 e. The Balaban J connectivity index is 1.61. The first-order valence-corrected chi connectivity index (χ1v) is 8.49. The SMILES string of the molecule is CC(c1ccncc1)c1c[nH]c2ccc(OCc3ccccc3)cc12. The van der Waals surface area contributed by atoms with Crippen molar-refractivity contribution in [2.75, 3.05) is 0 Å². The topological polar surface area (TPSA) is 37.9 Å². The van der Waals surface area contributed by atoms with E-state index in [0.717, 1.165) is 11.3 Å². The summed E-state index contributed by atoms with van der Waals surface area (Å²) < 4.78 is 5.99. The van der Waals surface area contributed by atoms with Gasteiger partial charge in [0.05, 0.1) is 0 Å². The Labute approximate surface area is 147 Å². The van der Waals surface area contributed by atoms with Gasteiger partial charge in [0, 0.05) is 35.4 Å². The second-order valence-corrected chi connectivity index (χ2v) is 6.23. The number of hydrogen-bond acceptors (Lipinski definition) is 2. The van der Waals surface area contributed by atoms with Gasteiger partial charge < -0.3 is 9.72 Å². The zero-order valence-corrected chi connectivity index (χ0v) is 14.1. The fraction of sp³-hybridized carbons (Fsp3) is 0.136. The molecule has 2 aromatic heterocycles. The molecule has 0 aliphatic heterocycles. The Hall–Kier alpha value is -3.07. The van der Waals surface area contributed by atoms with E-state index in [4.69, 9.17) is 4.74 Å². The maximum Gasteiger partial charge on any atom is 0.120 e. The van der Waals surface area contributed by atoms with Gasteiger partial charge in [-0.15, -0.1) is 0 Å². The molecular formula is C22H20N2O. The van der Waals surface area contributed by atoms with E-state index < -0.39 is 0 Å². The lowest BCUT2D eigenvalue weighted by atomic mass is 9.93. The number of hydrogen-bond donors (Lipinski definition) is 1. The first kappa shape index (κ1) is 15.5. The Morgan fingerprint density at radius 3 is 2.60 bits per heavy atom. The lowest BCUT2D eigenvalue weighted by molar-refractivity contribution is 0.306. The number of benzene rings is 2. The van der Waals surface area contributed by atoms with Gasteiger partial charge in [0.1, 0.15) is 12.4 Å². The third-order valence-electron chi connectivity index (χ3n) is 4.61. The van der Waals surface area contributed by atoms with E-state index in [1.807, 2.05) is 36.7 Å². The second kappa shape index (κ2) is 6.81. The van der Waals surface area contributed by atoms with Crippen molar-refractivity contribution < 1.29 is 4.74 Å². The number of pyridine rings is 1. The Bertz CT molecular complexity index is 961. The molecule has 4 rings (SSSR count). The summed E-state index contributed by atoms with van der Waals surface area (Å²) in [7, 11) is 0. The lowest BCUT2D eigenvalue weighted by Gasteiger charge is -2.12. The highest BCUT2D eigenvalue weighted by atomic mass is 16.5. The fourth-order valence-electron chi connectivity index (χ4n) is 3.14. The zero-order chi connectivity index (χ0) is 17.1. The predicted octanol–water partition coefficient (Wildman–Crippen LogP) is 5.29. The standard InChI is InChI=1S/C22H20N2O/c1-16(18-9-11-23-12-10-18)21-14-24-22-8-7-19(13-20(21)22)25-15-17-5-3-2-4-6-17/h2-14,16,24H,15H2,1H3. The monoisotopic (exact) mass is 328 g/mol. The molecule has 0 bridgehead atoms. The van der Waals surface area contributed by atoms with Gasteiger partial charge in [0.25, 0.3) is 0 Å². The van der Waals surface area contributed by atoms with Crippen LogP contribution < -0.4 is 4.74 Å². The second-order valence-electron chi connectivity index (χ2n) is 6.23. The number of fused-ring (bicyclic) bond motifs is 1. The molecule has 4 aromatic rings. The lowest BCUT2D eigenvalue weighted by Crippen LogP contribution is -1.96. The van der Waals surface area contributed by atoms with Gasteiger partial charge in [-0.1, -0.05) is 37.3 Å². The van der Waals surface area contributed by atoms with Gasteiger partial charge in [-0.05, 0) is 47.0 Å². The molecule has 25 heavy (non-hydrogen) atoms. The van der Waals surface area contributed by atoms with Crippen molar-refractivity contribution in [3.63, 3.8) is 0 Å². The summed E-state index contributed by atoms with van der Waals surface area (Å²) in [6.07, 6.45) is 5.78. The summed E-state index contributed by atoms with van der Waals surface area (Å²) in [6, 6.07) is 20.6. The number of aromatic nitrogens is 2. The van der Waals surface area contributed by atoms with Crippen LogP contribution in [0.25, 0.3) is 10.9 Å². The number of rotatable bonds is 5. The van der Waals surface area contributed by atoms with Gasteiger partial charge in [0.2, 0.25) is 0 Å². The summed E-state index contributed by atoms with van der Waals surface area (Å²) in [5.74, 6) is 1.18. The largest absolute Gasteiger partial charge is 0.489 e. The highest BCUT2D eigenvalue weighted by Gasteiger charge is 2.14. The average molecular weight is 328 g/mol. The van der Waals surface area contributed by atoms with Crippen molar-refractivity contribution in [3.05, 3.63) is 95.9 Å². The van der Waals surface area contributed by atoms with Crippen LogP contribution in [0.4, 0.5) is 0 Å². The van der Waals surface area contributed by atoms with Crippen molar-refractivity contribution in [2.24, 2.45) is 0 Å². The number of H-pyrrole nitrogens is 1. The molecule has 0 saturated carbocycles. The van der Waals surface area contributed by atoms with Crippen LogP contribution >= 0.6 is 0 Å². The van der Waals surface area contributed by atoms with Crippen LogP contribution in [-0.2, 0) is 6.61 Å². The number of nitrogens with one attached hydrogen (secondary N) is 1. The predicted molar refractivity (Wildman–Crippen MR) is 101 cm³/mol. The third-order valence-corrected chi connectivity index (χ3v) is 4.61. The van der Waals surface area contributed by atoms with Gasteiger partial charge in [0.15, 0.2) is 0 Å². The van der Waals surface area contributed by atoms with E-state index >= 15 is 0 Å². The molecule has 124 valence electrons. The quantitative estimate of drug-likeness (QED) is 0.540. The van der Waals surface area contributed by atoms with Crippen LogP contribution in [0.15, 0.2) is 79.3 Å². The minimum absolute atomic E-state index is 0.293. The number of ether oxygens (including phenoxy) is 1. The molecule has 3 nitrogen and oxygen atoms in total. The molecule has 0 radical (unpaired) electrons. The normalized spacial score (nSPS) is 12.2. The van der Waals surface area contributed by atoms with Crippen LogP contribution in [0.3, 0.4) is 0 Å². The van der Waals surface area contributed by atoms with Gasteiger partial charge >= 0.3 is 0 Å². The molecule has 0 fully saturated rings. The maximum absolute atomic E-state index is 5.99. The van der Waals surface area contributed by atoms with Crippen LogP contribution in [-0.4, -0.2) is 9.97 Å². The van der Waals surface area contributed by atoms with E-state index in [1.54, 1.807) is 0 Å². The number of aromatic amines is 1. The molecule has 2 heterocycles. The molecule has 0 aliphatic rings. The molecule has 0 saturated heterocycles. The molecule has 0 amide bonds. The van der Waals surface area contributed by atoms with E-state index in [-0.39, 0.29) is 0 Å². The van der Waals surface area contributed by atoms with Gasteiger partial charge in [-0.3, -0.25) is 4.98 Å². The fourth-order valence-corrected chi connectivity index (χ4v) is 3.14. The highest BCUT2D eigenvalue weighted by Crippen LogP contribution is 2.32. The van der Waals surface area contributed by atoms with E-state index in [1.165, 1.54) is 22.1 Å². The maximum atomic E-state index is 5.99. The van der Waals surface area contributed by atoms with Crippen molar-refractivity contribution in [2.45, 2.75) is 19.4 Å². The summed E-state index contributed by atoms with van der Waals surface area (Å²) in [4.78, 5) is 7.48. The summed E-state index contributed by atoms with van der Waals surface area (Å²) in [5, 5.41) is 1.20. The molecule has 1 atom stereocenters. The first-order valence-electron chi connectivity index (χ1n) is 8.49. The van der Waals surface area contributed by atoms with Crippen molar-refractivity contribution in [1.82, 2.24) is 9.97 Å². The van der Waals surface area contributed by atoms with Gasteiger partial charge in [-0.2, -0.15) is 0 Å². The summed E-state index contributed by atoms with van der Waals surface area (Å²) >= 11 is 0. The highest BCUT2D eigenvalue weighted by molar-refractivity contribution is 5.85. The molecule has 0 aliphatic carbocycles. The molecule has 2 aromatic carbocycles. The first-order chi connectivity index (χ1) is 12.3. The molecule has 3 heteroatoms. The van der Waals surface area contributed by atoms with Crippen LogP contribution in [0.2, 0.25) is 0 Å². The van der Waals surface area contributed by atoms with E-state index in [9.17, 15) is 0 Å². The van der Waals surface area contributed by atoms with E-state index in [0.29, 0.717) is 12.5 Å². The molecular weight excluding hydrogens is 308 g/mol. The van der Waals surface area contributed by atoms with Crippen LogP contribution in [0.1, 0.15) is 29.5 Å².